The fraction of sp³-hybridized carbons (Fsp3) is 0.111. The fourth-order valence-electron chi connectivity index (χ4n) is 1.93. The van der Waals surface area contributed by atoms with E-state index in [4.69, 9.17) is 20.0 Å². The molecular weight excluding hydrogens is 276 g/mol. The summed E-state index contributed by atoms with van der Waals surface area (Å²) in [6.45, 7) is 1.78. The maximum absolute atomic E-state index is 8.95. The molecule has 0 saturated carbocycles. The number of hydrogen-bond acceptors (Lipinski definition) is 4. The van der Waals surface area contributed by atoms with Crippen LogP contribution in [0.15, 0.2) is 65.2 Å². The van der Waals surface area contributed by atoms with Crippen LogP contribution in [-0.2, 0) is 4.74 Å². The van der Waals surface area contributed by atoms with Crippen LogP contribution >= 0.6 is 0 Å². The van der Waals surface area contributed by atoms with Gasteiger partial charge in [-0.25, -0.2) is 0 Å². The summed E-state index contributed by atoms with van der Waals surface area (Å²) in [7, 11) is 1.62. The summed E-state index contributed by atoms with van der Waals surface area (Å²) in [4.78, 5) is 0. The molecule has 1 heterocycles. The first-order chi connectivity index (χ1) is 10.7. The van der Waals surface area contributed by atoms with Crippen molar-refractivity contribution in [1.29, 1.82) is 10.5 Å². The first-order valence-electron chi connectivity index (χ1n) is 6.60. The highest BCUT2D eigenvalue weighted by Crippen LogP contribution is 2.23. The van der Waals surface area contributed by atoms with E-state index in [0.717, 1.165) is 11.3 Å². The van der Waals surface area contributed by atoms with E-state index in [1.54, 1.807) is 32.3 Å². The zero-order valence-corrected chi connectivity index (χ0v) is 12.3. The zero-order chi connectivity index (χ0) is 15.9. The van der Waals surface area contributed by atoms with E-state index < -0.39 is 0 Å². The summed E-state index contributed by atoms with van der Waals surface area (Å²) in [5, 5.41) is 17.9. The summed E-state index contributed by atoms with van der Waals surface area (Å²) in [5.74, 6) is 2.01. The minimum atomic E-state index is 0.0676. The van der Waals surface area contributed by atoms with Crippen molar-refractivity contribution in [2.45, 2.75) is 6.92 Å². The van der Waals surface area contributed by atoms with Crippen molar-refractivity contribution in [2.75, 3.05) is 7.11 Å². The number of ether oxygens (including phenoxy) is 2. The van der Waals surface area contributed by atoms with E-state index in [1.165, 1.54) is 0 Å². The molecule has 108 valence electrons. The van der Waals surface area contributed by atoms with E-state index in [0.29, 0.717) is 17.1 Å². The smallest absolute Gasteiger partial charge is 0.137 e. The highest BCUT2D eigenvalue weighted by molar-refractivity contribution is 5.57. The van der Waals surface area contributed by atoms with Gasteiger partial charge in [0, 0.05) is 5.57 Å². The molecule has 4 heteroatoms. The van der Waals surface area contributed by atoms with Crippen LogP contribution in [0.5, 0.6) is 5.75 Å². The van der Waals surface area contributed by atoms with E-state index in [2.05, 4.69) is 0 Å². The normalized spacial score (nSPS) is 13.5. The van der Waals surface area contributed by atoms with Gasteiger partial charge in [-0.3, -0.25) is 0 Å². The molecule has 1 aliphatic heterocycles. The molecule has 0 saturated heterocycles. The summed E-state index contributed by atoms with van der Waals surface area (Å²) >= 11 is 0. The Hall–Kier alpha value is -3.24. The summed E-state index contributed by atoms with van der Waals surface area (Å²) in [6, 6.07) is 11.4. The largest absolute Gasteiger partial charge is 0.497 e. The summed E-state index contributed by atoms with van der Waals surface area (Å²) in [6.07, 6.45) is 7.03. The van der Waals surface area contributed by atoms with Crippen LogP contribution < -0.4 is 4.74 Å². The standard InChI is InChI=1S/C18H14N2O2/c1-13-9-15(16(11-19)12-20)10-18(22-13)8-5-14-3-6-17(21-2)7-4-14/h3-10H,1-2H3/b8-5+. The van der Waals surface area contributed by atoms with Gasteiger partial charge in [0.2, 0.25) is 0 Å². The molecule has 0 radical (unpaired) electrons. The molecule has 0 spiro atoms. The van der Waals surface area contributed by atoms with Gasteiger partial charge in [0.1, 0.15) is 35.0 Å². The lowest BCUT2D eigenvalue weighted by Crippen LogP contribution is -1.97. The van der Waals surface area contributed by atoms with Crippen LogP contribution in [-0.4, -0.2) is 7.11 Å². The first-order valence-corrected chi connectivity index (χ1v) is 6.60. The maximum atomic E-state index is 8.95. The van der Waals surface area contributed by atoms with Crippen LogP contribution in [0.1, 0.15) is 12.5 Å². The molecule has 0 aromatic heterocycles. The third-order valence-electron chi connectivity index (χ3n) is 3.00. The number of allylic oxidation sites excluding steroid dienone is 6. The van der Waals surface area contributed by atoms with E-state index in [9.17, 15) is 0 Å². The lowest BCUT2D eigenvalue weighted by Gasteiger charge is -2.13. The Labute approximate surface area is 129 Å². The SMILES string of the molecule is COc1ccc(/C=C/C2=CC(=C(C#N)C#N)C=C(C)O2)cc1. The summed E-state index contributed by atoms with van der Waals surface area (Å²) in [5.41, 5.74) is 1.62. The zero-order valence-electron chi connectivity index (χ0n) is 12.3. The van der Waals surface area contributed by atoms with Crippen molar-refractivity contribution in [1.82, 2.24) is 0 Å². The van der Waals surface area contributed by atoms with Crippen molar-refractivity contribution < 1.29 is 9.47 Å². The number of rotatable bonds is 3. The van der Waals surface area contributed by atoms with E-state index in [1.807, 2.05) is 42.5 Å². The maximum Gasteiger partial charge on any atom is 0.137 e. The minimum Gasteiger partial charge on any atom is -0.497 e. The second-order valence-electron chi connectivity index (χ2n) is 4.56. The Balaban J connectivity index is 2.25. The van der Waals surface area contributed by atoms with Crippen LogP contribution in [0.2, 0.25) is 0 Å². The van der Waals surface area contributed by atoms with Gasteiger partial charge in [0.05, 0.1) is 7.11 Å². The molecule has 1 aromatic carbocycles. The molecule has 0 unspecified atom stereocenters. The van der Waals surface area contributed by atoms with Crippen molar-refractivity contribution in [3.05, 3.63) is 70.7 Å². The Morgan fingerprint density at radius 1 is 1.09 bits per heavy atom. The van der Waals surface area contributed by atoms with Gasteiger partial charge in [0.15, 0.2) is 0 Å². The van der Waals surface area contributed by atoms with E-state index >= 15 is 0 Å². The monoisotopic (exact) mass is 290 g/mol. The average Bonchev–Trinajstić information content (AvgIpc) is 2.54. The molecule has 0 bridgehead atoms. The molecule has 0 amide bonds. The number of benzene rings is 1. The highest BCUT2D eigenvalue weighted by atomic mass is 16.5. The predicted octanol–water partition coefficient (Wildman–Crippen LogP) is 3.87. The lowest BCUT2D eigenvalue weighted by atomic mass is 10.1. The van der Waals surface area contributed by atoms with Gasteiger partial charge in [-0.1, -0.05) is 18.2 Å². The van der Waals surface area contributed by atoms with Crippen molar-refractivity contribution >= 4 is 6.08 Å². The number of hydrogen-bond donors (Lipinski definition) is 0. The van der Waals surface area contributed by atoms with E-state index in [-0.39, 0.29) is 5.57 Å². The second-order valence-corrected chi connectivity index (χ2v) is 4.56. The van der Waals surface area contributed by atoms with Crippen molar-refractivity contribution in [2.24, 2.45) is 0 Å². The quantitative estimate of drug-likeness (QED) is 0.792. The summed E-state index contributed by atoms with van der Waals surface area (Å²) < 4.78 is 10.7. The highest BCUT2D eigenvalue weighted by Gasteiger charge is 2.10. The molecule has 4 nitrogen and oxygen atoms in total. The molecule has 1 aromatic rings. The molecule has 1 aliphatic rings. The number of nitrogens with zero attached hydrogens (tertiary/aromatic N) is 2. The Bertz CT molecular complexity index is 751. The van der Waals surface area contributed by atoms with Crippen LogP contribution in [0.3, 0.4) is 0 Å². The molecule has 22 heavy (non-hydrogen) atoms. The predicted molar refractivity (Wildman–Crippen MR) is 83.2 cm³/mol. The number of nitriles is 2. The average molecular weight is 290 g/mol. The van der Waals surface area contributed by atoms with Gasteiger partial charge >= 0.3 is 0 Å². The Morgan fingerprint density at radius 2 is 1.77 bits per heavy atom. The third-order valence-corrected chi connectivity index (χ3v) is 3.00. The van der Waals surface area contributed by atoms with Gasteiger partial charge in [0.25, 0.3) is 0 Å². The third kappa shape index (κ3) is 3.65. The molecule has 0 aliphatic carbocycles. The lowest BCUT2D eigenvalue weighted by molar-refractivity contribution is 0.318. The van der Waals surface area contributed by atoms with Gasteiger partial charge in [-0.05, 0) is 42.8 Å². The number of methoxy groups -OCH3 is 1. The minimum absolute atomic E-state index is 0.0676. The molecule has 0 atom stereocenters. The second kappa shape index (κ2) is 6.97. The molecule has 2 rings (SSSR count). The molecule has 0 fully saturated rings. The van der Waals surface area contributed by atoms with Crippen molar-refractivity contribution in [3.63, 3.8) is 0 Å². The molecule has 0 N–H and O–H groups in total. The Morgan fingerprint density at radius 3 is 2.36 bits per heavy atom. The first kappa shape index (κ1) is 15.2. The van der Waals surface area contributed by atoms with Gasteiger partial charge in [-0.15, -0.1) is 0 Å². The van der Waals surface area contributed by atoms with Gasteiger partial charge < -0.3 is 9.47 Å². The topological polar surface area (TPSA) is 66.0 Å². The fourth-order valence-corrected chi connectivity index (χ4v) is 1.93. The van der Waals surface area contributed by atoms with Gasteiger partial charge in [-0.2, -0.15) is 10.5 Å². The van der Waals surface area contributed by atoms with Crippen molar-refractivity contribution in [3.8, 4) is 17.9 Å². The Kier molecular flexibility index (Phi) is 4.80. The van der Waals surface area contributed by atoms with Crippen LogP contribution in [0, 0.1) is 22.7 Å². The van der Waals surface area contributed by atoms with Crippen LogP contribution in [0.25, 0.3) is 6.08 Å². The van der Waals surface area contributed by atoms with Crippen LogP contribution in [0.4, 0.5) is 0 Å². The molecular formula is C18H14N2O2.